The minimum atomic E-state index is -0.932. The molecule has 6 nitrogen and oxygen atoms in total. The monoisotopic (exact) mass is 372 g/mol. The van der Waals surface area contributed by atoms with E-state index in [2.05, 4.69) is 10.6 Å². The molecule has 26 heavy (non-hydrogen) atoms. The second-order valence-electron chi connectivity index (χ2n) is 6.31. The topological polar surface area (TPSA) is 95.5 Å². The number of aliphatic carboxylic acids is 1. The van der Waals surface area contributed by atoms with Crippen molar-refractivity contribution in [3.63, 3.8) is 0 Å². The van der Waals surface area contributed by atoms with Crippen molar-refractivity contribution in [1.82, 2.24) is 0 Å². The first-order valence-electron chi connectivity index (χ1n) is 8.54. The summed E-state index contributed by atoms with van der Waals surface area (Å²) in [6.07, 6.45) is 2.73. The molecule has 136 valence electrons. The number of hydrogen-bond donors (Lipinski definition) is 3. The summed E-state index contributed by atoms with van der Waals surface area (Å²) in [7, 11) is 0. The number of carbonyl (C=O) groups excluding carboxylic acids is 2. The van der Waals surface area contributed by atoms with Gasteiger partial charge in [0.25, 0.3) is 5.91 Å². The van der Waals surface area contributed by atoms with Crippen molar-refractivity contribution in [2.45, 2.75) is 25.7 Å². The smallest absolute Gasteiger partial charge is 0.307 e. The molecule has 2 amide bonds. The van der Waals surface area contributed by atoms with E-state index in [4.69, 9.17) is 0 Å². The zero-order valence-electron chi connectivity index (χ0n) is 14.1. The lowest BCUT2D eigenvalue weighted by molar-refractivity contribution is -0.147. The number of para-hydroxylation sites is 1. The molecule has 0 aliphatic heterocycles. The second kappa shape index (κ2) is 8.14. The zero-order chi connectivity index (χ0) is 18.5. The second-order valence-corrected chi connectivity index (χ2v) is 7.22. The van der Waals surface area contributed by atoms with Crippen molar-refractivity contribution in [2.24, 2.45) is 11.8 Å². The molecular formula is C19H20N2O4S. The van der Waals surface area contributed by atoms with Crippen LogP contribution in [0.4, 0.5) is 10.7 Å². The average molecular weight is 372 g/mol. The third-order valence-corrected chi connectivity index (χ3v) is 5.43. The fraction of sp³-hybridized carbons (Fsp3) is 0.316. The minimum Gasteiger partial charge on any atom is -0.481 e. The summed E-state index contributed by atoms with van der Waals surface area (Å²) in [5, 5.41) is 17.1. The normalized spacial score (nSPS) is 19.5. The van der Waals surface area contributed by atoms with Crippen LogP contribution in [0.1, 0.15) is 36.0 Å². The lowest BCUT2D eigenvalue weighted by Gasteiger charge is -2.27. The number of benzene rings is 1. The third kappa shape index (κ3) is 4.11. The molecule has 1 aromatic heterocycles. The van der Waals surface area contributed by atoms with Gasteiger partial charge in [-0.3, -0.25) is 14.4 Å². The maximum atomic E-state index is 12.6. The Morgan fingerprint density at radius 1 is 0.962 bits per heavy atom. The Balaban J connectivity index is 1.71. The van der Waals surface area contributed by atoms with Gasteiger partial charge in [-0.1, -0.05) is 31.0 Å². The first-order chi connectivity index (χ1) is 12.6. The zero-order valence-corrected chi connectivity index (χ0v) is 14.9. The molecule has 2 atom stereocenters. The van der Waals surface area contributed by atoms with Crippen LogP contribution >= 0.6 is 11.3 Å². The van der Waals surface area contributed by atoms with Crippen molar-refractivity contribution in [2.75, 3.05) is 10.6 Å². The van der Waals surface area contributed by atoms with E-state index in [0.717, 1.165) is 12.8 Å². The number of carboxylic acid groups (broad SMARTS) is 1. The number of rotatable bonds is 5. The summed E-state index contributed by atoms with van der Waals surface area (Å²) in [6.45, 7) is 0. The van der Waals surface area contributed by atoms with E-state index in [1.165, 1.54) is 11.3 Å². The van der Waals surface area contributed by atoms with Crippen LogP contribution in [0.25, 0.3) is 0 Å². The van der Waals surface area contributed by atoms with Gasteiger partial charge in [-0.25, -0.2) is 0 Å². The van der Waals surface area contributed by atoms with Crippen molar-refractivity contribution in [1.29, 1.82) is 0 Å². The first-order valence-corrected chi connectivity index (χ1v) is 9.42. The first kappa shape index (κ1) is 18.1. The molecule has 7 heteroatoms. The maximum absolute atomic E-state index is 12.6. The van der Waals surface area contributed by atoms with Gasteiger partial charge in [-0.05, 0) is 36.4 Å². The van der Waals surface area contributed by atoms with Crippen molar-refractivity contribution in [3.05, 3.63) is 47.3 Å². The molecule has 3 N–H and O–H groups in total. The van der Waals surface area contributed by atoms with E-state index in [1.54, 1.807) is 23.6 Å². The number of anilines is 2. The Kier molecular flexibility index (Phi) is 5.68. The highest BCUT2D eigenvalue weighted by atomic mass is 32.1. The van der Waals surface area contributed by atoms with Crippen molar-refractivity contribution >= 4 is 39.8 Å². The van der Waals surface area contributed by atoms with Gasteiger partial charge in [-0.15, -0.1) is 11.3 Å². The van der Waals surface area contributed by atoms with Gasteiger partial charge in [0.1, 0.15) is 5.00 Å². The summed E-state index contributed by atoms with van der Waals surface area (Å²) < 4.78 is 0. The van der Waals surface area contributed by atoms with E-state index in [-0.39, 0.29) is 11.8 Å². The number of amides is 2. The Labute approximate surface area is 155 Å². The summed E-state index contributed by atoms with van der Waals surface area (Å²) >= 11 is 1.25. The fourth-order valence-electron chi connectivity index (χ4n) is 3.25. The maximum Gasteiger partial charge on any atom is 0.307 e. The van der Waals surface area contributed by atoms with Crippen molar-refractivity contribution in [3.8, 4) is 0 Å². The lowest BCUT2D eigenvalue weighted by atomic mass is 9.79. The Hall–Kier alpha value is -2.67. The highest BCUT2D eigenvalue weighted by Crippen LogP contribution is 2.32. The Morgan fingerprint density at radius 2 is 1.65 bits per heavy atom. The number of nitrogens with one attached hydrogen (secondary N) is 2. The molecule has 2 aromatic rings. The molecule has 0 radical (unpaired) electrons. The molecule has 0 bridgehead atoms. The number of carboxylic acids is 1. The van der Waals surface area contributed by atoms with Gasteiger partial charge in [0.15, 0.2) is 0 Å². The minimum absolute atomic E-state index is 0.314. The van der Waals surface area contributed by atoms with E-state index >= 15 is 0 Å². The number of hydrogen-bond acceptors (Lipinski definition) is 4. The van der Waals surface area contributed by atoms with Crippen LogP contribution in [0.15, 0.2) is 41.8 Å². The predicted octanol–water partition coefficient (Wildman–Crippen LogP) is 3.83. The van der Waals surface area contributed by atoms with Crippen molar-refractivity contribution < 1.29 is 19.5 Å². The largest absolute Gasteiger partial charge is 0.481 e. The van der Waals surface area contributed by atoms with E-state index in [0.29, 0.717) is 29.1 Å². The van der Waals surface area contributed by atoms with Gasteiger partial charge in [-0.2, -0.15) is 0 Å². The molecule has 1 heterocycles. The SMILES string of the molecule is O=C(Nc1ccccc1)c1ccsc1NC(=O)[C@H]1CCCC[C@@H]1C(=O)O. The Morgan fingerprint density at radius 3 is 2.35 bits per heavy atom. The summed E-state index contributed by atoms with van der Waals surface area (Å²) in [5.41, 5.74) is 1.04. The lowest BCUT2D eigenvalue weighted by Crippen LogP contribution is -2.36. The number of carbonyl (C=O) groups is 3. The Bertz CT molecular complexity index is 803. The quantitative estimate of drug-likeness (QED) is 0.743. The van der Waals surface area contributed by atoms with Crippen LogP contribution in [0.5, 0.6) is 0 Å². The van der Waals surface area contributed by atoms with Crippen LogP contribution < -0.4 is 10.6 Å². The summed E-state index contributed by atoms with van der Waals surface area (Å²) in [4.78, 5) is 36.5. The molecule has 1 aliphatic rings. The van der Waals surface area contributed by atoms with Crippen LogP contribution in [0, 0.1) is 11.8 Å². The van der Waals surface area contributed by atoms with Crippen LogP contribution in [0.2, 0.25) is 0 Å². The van der Waals surface area contributed by atoms with Gasteiger partial charge in [0.05, 0.1) is 17.4 Å². The molecule has 1 aliphatic carbocycles. The molecular weight excluding hydrogens is 352 g/mol. The van der Waals surface area contributed by atoms with Crippen LogP contribution in [-0.2, 0) is 9.59 Å². The standard InChI is InChI=1S/C19H20N2O4S/c22-16(13-8-4-5-9-14(13)19(24)25)21-18-15(10-11-26-18)17(23)20-12-6-2-1-3-7-12/h1-3,6-7,10-11,13-14H,4-5,8-9H2,(H,20,23)(H,21,22)(H,24,25)/t13-,14-/m0/s1. The number of thiophene rings is 1. The summed E-state index contributed by atoms with van der Waals surface area (Å²) in [5.74, 6) is -2.80. The van der Waals surface area contributed by atoms with Gasteiger partial charge < -0.3 is 15.7 Å². The molecule has 1 saturated carbocycles. The third-order valence-electron chi connectivity index (χ3n) is 4.60. The van der Waals surface area contributed by atoms with Gasteiger partial charge in [0, 0.05) is 5.69 Å². The van der Waals surface area contributed by atoms with Gasteiger partial charge >= 0.3 is 5.97 Å². The molecule has 0 unspecified atom stereocenters. The van der Waals surface area contributed by atoms with E-state index in [1.807, 2.05) is 18.2 Å². The van der Waals surface area contributed by atoms with Crippen LogP contribution in [-0.4, -0.2) is 22.9 Å². The van der Waals surface area contributed by atoms with Gasteiger partial charge in [0.2, 0.25) is 5.91 Å². The predicted molar refractivity (Wildman–Crippen MR) is 100 cm³/mol. The van der Waals surface area contributed by atoms with E-state index < -0.39 is 17.8 Å². The molecule has 0 spiro atoms. The average Bonchev–Trinajstić information content (AvgIpc) is 3.10. The molecule has 1 fully saturated rings. The molecule has 0 saturated heterocycles. The summed E-state index contributed by atoms with van der Waals surface area (Å²) in [6, 6.07) is 10.7. The van der Waals surface area contributed by atoms with E-state index in [9.17, 15) is 19.5 Å². The highest BCUT2D eigenvalue weighted by Gasteiger charge is 2.36. The van der Waals surface area contributed by atoms with Crippen LogP contribution in [0.3, 0.4) is 0 Å². The fourth-order valence-corrected chi connectivity index (χ4v) is 4.04. The molecule has 3 rings (SSSR count). The molecule has 1 aromatic carbocycles. The highest BCUT2D eigenvalue weighted by molar-refractivity contribution is 7.14.